The summed E-state index contributed by atoms with van der Waals surface area (Å²) in [5.41, 5.74) is 1.74. The average molecular weight is 382 g/mol. The first-order valence-electron chi connectivity index (χ1n) is 9.09. The molecule has 0 bridgehead atoms. The zero-order valence-corrected chi connectivity index (χ0v) is 15.6. The number of esters is 1. The predicted molar refractivity (Wildman–Crippen MR) is 103 cm³/mol. The second-order valence-electron chi connectivity index (χ2n) is 6.29. The fourth-order valence-corrected chi connectivity index (χ4v) is 2.90. The van der Waals surface area contributed by atoms with Gasteiger partial charge in [-0.1, -0.05) is 0 Å². The number of nitrogens with zero attached hydrogens (tertiary/aromatic N) is 3. The van der Waals surface area contributed by atoms with Gasteiger partial charge in [-0.25, -0.2) is 9.78 Å². The lowest BCUT2D eigenvalue weighted by molar-refractivity contribution is -0.119. The first kappa shape index (κ1) is 19.3. The monoisotopic (exact) mass is 382 g/mol. The van der Waals surface area contributed by atoms with Crippen molar-refractivity contribution in [2.24, 2.45) is 0 Å². The molecule has 2 amide bonds. The van der Waals surface area contributed by atoms with Crippen molar-refractivity contribution in [3.8, 4) is 0 Å². The molecule has 8 nitrogen and oxygen atoms in total. The molecule has 1 aliphatic rings. The Kier molecular flexibility index (Phi) is 6.21. The lowest BCUT2D eigenvalue weighted by atomic mass is 10.2. The predicted octanol–water partition coefficient (Wildman–Crippen LogP) is 1.92. The Morgan fingerprint density at radius 2 is 1.82 bits per heavy atom. The van der Waals surface area contributed by atoms with Crippen LogP contribution < -0.4 is 5.32 Å². The summed E-state index contributed by atoms with van der Waals surface area (Å²) >= 11 is 0. The lowest BCUT2D eigenvalue weighted by Gasteiger charge is -2.32. The van der Waals surface area contributed by atoms with E-state index in [1.54, 1.807) is 59.3 Å². The molecule has 1 fully saturated rings. The number of amides is 2. The van der Waals surface area contributed by atoms with E-state index in [9.17, 15) is 14.4 Å². The topological polar surface area (TPSA) is 91.8 Å². The summed E-state index contributed by atoms with van der Waals surface area (Å²) in [5, 5.41) is 3.13. The van der Waals surface area contributed by atoms with Crippen LogP contribution in [-0.4, -0.2) is 65.9 Å². The molecule has 1 saturated heterocycles. The zero-order chi connectivity index (χ0) is 19.9. The number of nitrogens with one attached hydrogen (secondary N) is 1. The molecule has 0 atom stereocenters. The second kappa shape index (κ2) is 8.98. The van der Waals surface area contributed by atoms with Gasteiger partial charge in [-0.3, -0.25) is 9.59 Å². The number of anilines is 2. The number of aromatic nitrogens is 1. The minimum atomic E-state index is -0.366. The summed E-state index contributed by atoms with van der Waals surface area (Å²) in [6.07, 6.45) is 2.38. The Hall–Kier alpha value is -3.42. The minimum Gasteiger partial charge on any atom is -0.462 e. The van der Waals surface area contributed by atoms with Gasteiger partial charge in [-0.2, -0.15) is 0 Å². The Bertz CT molecular complexity index is 846. The van der Waals surface area contributed by atoms with Crippen LogP contribution in [0.5, 0.6) is 0 Å². The Morgan fingerprint density at radius 3 is 2.46 bits per heavy atom. The van der Waals surface area contributed by atoms with Crippen LogP contribution in [0.4, 0.5) is 11.5 Å². The van der Waals surface area contributed by atoms with E-state index in [1.807, 2.05) is 0 Å². The van der Waals surface area contributed by atoms with Crippen LogP contribution in [0.25, 0.3) is 0 Å². The van der Waals surface area contributed by atoms with E-state index < -0.39 is 0 Å². The number of benzene rings is 1. The van der Waals surface area contributed by atoms with Gasteiger partial charge in [0.2, 0.25) is 6.41 Å². The molecule has 28 heavy (non-hydrogen) atoms. The molecular formula is C20H22N4O4. The van der Waals surface area contributed by atoms with Crippen LogP contribution in [0.15, 0.2) is 42.6 Å². The molecule has 1 aromatic carbocycles. The molecular weight excluding hydrogens is 360 g/mol. The molecule has 1 aliphatic heterocycles. The van der Waals surface area contributed by atoms with Crippen molar-refractivity contribution in [2.75, 3.05) is 38.1 Å². The van der Waals surface area contributed by atoms with Gasteiger partial charge in [0, 0.05) is 43.6 Å². The van der Waals surface area contributed by atoms with Crippen molar-refractivity contribution in [3.63, 3.8) is 0 Å². The van der Waals surface area contributed by atoms with Crippen molar-refractivity contribution >= 4 is 29.8 Å². The Labute approximate surface area is 163 Å². The normalized spacial score (nSPS) is 13.8. The van der Waals surface area contributed by atoms with Gasteiger partial charge in [0.15, 0.2) is 0 Å². The maximum atomic E-state index is 12.7. The maximum absolute atomic E-state index is 12.7. The highest BCUT2D eigenvalue weighted by molar-refractivity contribution is 5.95. The van der Waals surface area contributed by atoms with Gasteiger partial charge in [-0.05, 0) is 43.3 Å². The third kappa shape index (κ3) is 4.64. The van der Waals surface area contributed by atoms with Crippen LogP contribution in [-0.2, 0) is 9.53 Å². The van der Waals surface area contributed by atoms with Crippen LogP contribution in [0, 0.1) is 0 Å². The molecule has 1 aromatic heterocycles. The lowest BCUT2D eigenvalue weighted by Crippen LogP contribution is -2.48. The van der Waals surface area contributed by atoms with Crippen molar-refractivity contribution in [3.05, 3.63) is 53.7 Å². The van der Waals surface area contributed by atoms with Crippen LogP contribution >= 0.6 is 0 Å². The van der Waals surface area contributed by atoms with Crippen molar-refractivity contribution in [2.45, 2.75) is 6.92 Å². The van der Waals surface area contributed by atoms with E-state index in [-0.39, 0.29) is 11.9 Å². The average Bonchev–Trinajstić information content (AvgIpc) is 2.74. The van der Waals surface area contributed by atoms with E-state index in [0.29, 0.717) is 49.7 Å². The highest BCUT2D eigenvalue weighted by Gasteiger charge is 2.21. The van der Waals surface area contributed by atoms with Gasteiger partial charge >= 0.3 is 5.97 Å². The zero-order valence-electron chi connectivity index (χ0n) is 15.6. The molecule has 146 valence electrons. The van der Waals surface area contributed by atoms with E-state index in [0.717, 1.165) is 12.1 Å². The Balaban J connectivity index is 1.65. The molecule has 8 heteroatoms. The molecule has 0 aliphatic carbocycles. The van der Waals surface area contributed by atoms with E-state index in [1.165, 1.54) is 0 Å². The molecule has 2 heterocycles. The summed E-state index contributed by atoms with van der Waals surface area (Å²) in [6.45, 7) is 4.19. The number of ether oxygens (including phenoxy) is 1. The summed E-state index contributed by atoms with van der Waals surface area (Å²) in [4.78, 5) is 42.8. The van der Waals surface area contributed by atoms with Gasteiger partial charge in [0.25, 0.3) is 5.91 Å². The highest BCUT2D eigenvalue weighted by Crippen LogP contribution is 2.18. The molecule has 0 spiro atoms. The molecule has 1 N–H and O–H groups in total. The largest absolute Gasteiger partial charge is 0.462 e. The molecule has 2 aromatic rings. The van der Waals surface area contributed by atoms with Crippen LogP contribution in [0.2, 0.25) is 0 Å². The summed E-state index contributed by atoms with van der Waals surface area (Å²) in [5.74, 6) is 0.0735. The highest BCUT2D eigenvalue weighted by atomic mass is 16.5. The first-order chi connectivity index (χ1) is 13.6. The fraction of sp³-hybridized carbons (Fsp3) is 0.300. The van der Waals surface area contributed by atoms with Crippen molar-refractivity contribution in [1.29, 1.82) is 0 Å². The molecule has 0 radical (unpaired) electrons. The van der Waals surface area contributed by atoms with Crippen LogP contribution in [0.1, 0.15) is 27.6 Å². The summed E-state index contributed by atoms with van der Waals surface area (Å²) in [6, 6.07) is 10.2. The maximum Gasteiger partial charge on any atom is 0.338 e. The minimum absolute atomic E-state index is 0.0892. The number of rotatable bonds is 6. The third-order valence-electron chi connectivity index (χ3n) is 4.43. The van der Waals surface area contributed by atoms with Crippen LogP contribution in [0.3, 0.4) is 0 Å². The second-order valence-corrected chi connectivity index (χ2v) is 6.29. The van der Waals surface area contributed by atoms with Gasteiger partial charge in [-0.15, -0.1) is 0 Å². The number of hydrogen-bond acceptors (Lipinski definition) is 6. The van der Waals surface area contributed by atoms with Gasteiger partial charge in [0.1, 0.15) is 5.82 Å². The van der Waals surface area contributed by atoms with E-state index >= 15 is 0 Å². The number of piperazine rings is 1. The summed E-state index contributed by atoms with van der Waals surface area (Å²) < 4.78 is 4.96. The van der Waals surface area contributed by atoms with Crippen molar-refractivity contribution < 1.29 is 19.1 Å². The van der Waals surface area contributed by atoms with E-state index in [4.69, 9.17) is 4.74 Å². The van der Waals surface area contributed by atoms with Gasteiger partial charge in [0.05, 0.1) is 12.2 Å². The third-order valence-corrected chi connectivity index (χ3v) is 4.43. The Morgan fingerprint density at radius 1 is 1.11 bits per heavy atom. The number of carbonyl (C=O) groups excluding carboxylic acids is 3. The quantitative estimate of drug-likeness (QED) is 0.606. The summed E-state index contributed by atoms with van der Waals surface area (Å²) in [7, 11) is 0. The van der Waals surface area contributed by atoms with Gasteiger partial charge < -0.3 is 19.9 Å². The molecule has 3 rings (SSSR count). The first-order valence-corrected chi connectivity index (χ1v) is 9.09. The molecule has 0 unspecified atom stereocenters. The number of hydrogen-bond donors (Lipinski definition) is 1. The molecule has 0 saturated carbocycles. The SMILES string of the molecule is CCOC(=O)c1ccc(Nc2cc(C(=O)N3CCN(C=O)CC3)ccn2)cc1. The standard InChI is InChI=1S/C20H22N4O4/c1-2-28-20(27)15-3-5-17(6-4-15)22-18-13-16(7-8-21-18)19(26)24-11-9-23(14-25)10-12-24/h3-8,13-14H,2,9-12H2,1H3,(H,21,22). The fourth-order valence-electron chi connectivity index (χ4n) is 2.90. The van der Waals surface area contributed by atoms with Crippen molar-refractivity contribution in [1.82, 2.24) is 14.8 Å². The number of pyridine rings is 1. The number of carbonyl (C=O) groups is 3. The smallest absolute Gasteiger partial charge is 0.338 e. The van der Waals surface area contributed by atoms with E-state index in [2.05, 4.69) is 10.3 Å².